The molecule has 1 N–H and O–H groups in total. The third-order valence-corrected chi connectivity index (χ3v) is 2.06. The maximum absolute atomic E-state index is 11.2. The molecule has 1 aliphatic carbocycles. The van der Waals surface area contributed by atoms with E-state index in [1.807, 2.05) is 30.3 Å². The first-order valence-electron chi connectivity index (χ1n) is 4.82. The van der Waals surface area contributed by atoms with Gasteiger partial charge in [-0.05, 0) is 25.0 Å². The second kappa shape index (κ2) is 4.13. The van der Waals surface area contributed by atoms with Gasteiger partial charge in [-0.15, -0.1) is 0 Å². The van der Waals surface area contributed by atoms with Gasteiger partial charge in [-0.2, -0.15) is 0 Å². The molecule has 0 unspecified atom stereocenters. The predicted octanol–water partition coefficient (Wildman–Crippen LogP) is 1.34. The maximum Gasteiger partial charge on any atom is 0.258 e. The highest BCUT2D eigenvalue weighted by atomic mass is 16.5. The average molecular weight is 191 g/mol. The highest BCUT2D eigenvalue weighted by Gasteiger charge is 2.23. The van der Waals surface area contributed by atoms with Crippen LogP contribution in [0.5, 0.6) is 5.75 Å². The maximum atomic E-state index is 11.2. The Kier molecular flexibility index (Phi) is 2.68. The van der Waals surface area contributed by atoms with E-state index in [9.17, 15) is 4.79 Å². The van der Waals surface area contributed by atoms with Crippen LogP contribution in [0.1, 0.15) is 12.8 Å². The molecule has 0 atom stereocenters. The summed E-state index contributed by atoms with van der Waals surface area (Å²) >= 11 is 0. The summed E-state index contributed by atoms with van der Waals surface area (Å²) in [4.78, 5) is 11.2. The predicted molar refractivity (Wildman–Crippen MR) is 53.1 cm³/mol. The fourth-order valence-electron chi connectivity index (χ4n) is 1.16. The number of ether oxygens (including phenoxy) is 1. The van der Waals surface area contributed by atoms with Crippen LogP contribution in [-0.4, -0.2) is 18.6 Å². The molecule has 0 spiro atoms. The lowest BCUT2D eigenvalue weighted by atomic mass is 10.3. The van der Waals surface area contributed by atoms with Crippen molar-refractivity contribution in [2.75, 3.05) is 6.61 Å². The summed E-state index contributed by atoms with van der Waals surface area (Å²) in [6.45, 7) is 0.112. The molecule has 1 aliphatic rings. The van der Waals surface area contributed by atoms with Crippen molar-refractivity contribution < 1.29 is 9.53 Å². The number of hydrogen-bond acceptors (Lipinski definition) is 2. The number of nitrogens with one attached hydrogen (secondary N) is 1. The standard InChI is InChI=1S/C11H13NO2/c13-11(12-9-6-7-9)8-14-10-4-2-1-3-5-10/h1-5,9H,6-8H2,(H,12,13). The van der Waals surface area contributed by atoms with Crippen LogP contribution in [-0.2, 0) is 4.79 Å². The molecule has 2 rings (SSSR count). The second-order valence-electron chi connectivity index (χ2n) is 3.44. The van der Waals surface area contributed by atoms with Crippen molar-refractivity contribution in [3.8, 4) is 5.75 Å². The Bertz CT molecular complexity index is 306. The lowest BCUT2D eigenvalue weighted by Gasteiger charge is -2.05. The molecule has 3 heteroatoms. The molecule has 1 aromatic rings. The molecule has 0 saturated heterocycles. The van der Waals surface area contributed by atoms with E-state index in [0.29, 0.717) is 6.04 Å². The first kappa shape index (κ1) is 9.06. The van der Waals surface area contributed by atoms with Crippen molar-refractivity contribution in [1.82, 2.24) is 5.32 Å². The minimum Gasteiger partial charge on any atom is -0.484 e. The van der Waals surface area contributed by atoms with E-state index in [4.69, 9.17) is 4.74 Å². The smallest absolute Gasteiger partial charge is 0.258 e. The molecule has 1 fully saturated rings. The Morgan fingerprint density at radius 3 is 2.71 bits per heavy atom. The zero-order chi connectivity index (χ0) is 9.80. The van der Waals surface area contributed by atoms with E-state index in [0.717, 1.165) is 18.6 Å². The zero-order valence-electron chi connectivity index (χ0n) is 7.90. The topological polar surface area (TPSA) is 38.3 Å². The van der Waals surface area contributed by atoms with Gasteiger partial charge in [0.25, 0.3) is 5.91 Å². The lowest BCUT2D eigenvalue weighted by molar-refractivity contribution is -0.123. The quantitative estimate of drug-likeness (QED) is 0.780. The van der Waals surface area contributed by atoms with Crippen molar-refractivity contribution in [2.24, 2.45) is 0 Å². The Morgan fingerprint density at radius 2 is 2.07 bits per heavy atom. The molecule has 0 bridgehead atoms. The van der Waals surface area contributed by atoms with E-state index in [1.165, 1.54) is 0 Å². The van der Waals surface area contributed by atoms with E-state index >= 15 is 0 Å². The molecule has 14 heavy (non-hydrogen) atoms. The van der Waals surface area contributed by atoms with Crippen LogP contribution in [0.3, 0.4) is 0 Å². The van der Waals surface area contributed by atoms with Crippen LogP contribution < -0.4 is 10.1 Å². The molecule has 1 aromatic carbocycles. The molecule has 1 amide bonds. The van der Waals surface area contributed by atoms with Crippen molar-refractivity contribution in [3.05, 3.63) is 30.3 Å². The Morgan fingerprint density at radius 1 is 1.36 bits per heavy atom. The monoisotopic (exact) mass is 191 g/mol. The summed E-state index contributed by atoms with van der Waals surface area (Å²) in [5, 5.41) is 2.86. The summed E-state index contributed by atoms with van der Waals surface area (Å²) in [5.74, 6) is 0.704. The third-order valence-electron chi connectivity index (χ3n) is 2.06. The molecule has 74 valence electrons. The number of benzene rings is 1. The van der Waals surface area contributed by atoms with Crippen LogP contribution in [0.2, 0.25) is 0 Å². The number of rotatable bonds is 4. The van der Waals surface area contributed by atoms with Crippen molar-refractivity contribution in [3.63, 3.8) is 0 Å². The summed E-state index contributed by atoms with van der Waals surface area (Å²) in [6.07, 6.45) is 2.22. The number of hydrogen-bond donors (Lipinski definition) is 1. The summed E-state index contributed by atoms with van der Waals surface area (Å²) in [5.41, 5.74) is 0. The summed E-state index contributed by atoms with van der Waals surface area (Å²) in [6, 6.07) is 9.76. The van der Waals surface area contributed by atoms with Gasteiger partial charge in [0.1, 0.15) is 5.75 Å². The normalized spacial score (nSPS) is 14.9. The van der Waals surface area contributed by atoms with Gasteiger partial charge in [-0.1, -0.05) is 18.2 Å². The van der Waals surface area contributed by atoms with Crippen LogP contribution in [0, 0.1) is 0 Å². The Labute approximate surface area is 83.1 Å². The Hall–Kier alpha value is -1.51. The van der Waals surface area contributed by atoms with Crippen molar-refractivity contribution in [2.45, 2.75) is 18.9 Å². The number of carbonyl (C=O) groups excluding carboxylic acids is 1. The zero-order valence-corrected chi connectivity index (χ0v) is 7.90. The van der Waals surface area contributed by atoms with Gasteiger partial charge in [0.2, 0.25) is 0 Å². The lowest BCUT2D eigenvalue weighted by Crippen LogP contribution is -2.30. The van der Waals surface area contributed by atoms with E-state index in [2.05, 4.69) is 5.32 Å². The fraction of sp³-hybridized carbons (Fsp3) is 0.364. The van der Waals surface area contributed by atoms with Crippen LogP contribution >= 0.6 is 0 Å². The third kappa shape index (κ3) is 2.76. The van der Waals surface area contributed by atoms with Gasteiger partial charge in [-0.3, -0.25) is 4.79 Å². The molecule has 1 saturated carbocycles. The van der Waals surface area contributed by atoms with Crippen LogP contribution in [0.15, 0.2) is 30.3 Å². The van der Waals surface area contributed by atoms with E-state index in [1.54, 1.807) is 0 Å². The van der Waals surface area contributed by atoms with E-state index < -0.39 is 0 Å². The van der Waals surface area contributed by atoms with Gasteiger partial charge in [0.15, 0.2) is 6.61 Å². The molecule has 0 aromatic heterocycles. The minimum absolute atomic E-state index is 0.0312. The first-order valence-corrected chi connectivity index (χ1v) is 4.82. The van der Waals surface area contributed by atoms with Crippen molar-refractivity contribution in [1.29, 1.82) is 0 Å². The SMILES string of the molecule is O=C(COc1ccccc1)NC1CC1. The van der Waals surface area contributed by atoms with Gasteiger partial charge in [-0.25, -0.2) is 0 Å². The van der Waals surface area contributed by atoms with Crippen LogP contribution in [0.25, 0.3) is 0 Å². The highest BCUT2D eigenvalue weighted by molar-refractivity contribution is 5.78. The molecule has 0 radical (unpaired) electrons. The summed E-state index contributed by atoms with van der Waals surface area (Å²) in [7, 11) is 0. The molecule has 0 heterocycles. The molecular formula is C11H13NO2. The highest BCUT2D eigenvalue weighted by Crippen LogP contribution is 2.18. The molecule has 0 aliphatic heterocycles. The Balaban J connectivity index is 1.73. The van der Waals surface area contributed by atoms with Gasteiger partial charge >= 0.3 is 0 Å². The summed E-state index contributed by atoms with van der Waals surface area (Å²) < 4.78 is 5.28. The number of amides is 1. The van der Waals surface area contributed by atoms with Crippen molar-refractivity contribution >= 4 is 5.91 Å². The first-order chi connectivity index (χ1) is 6.84. The second-order valence-corrected chi connectivity index (χ2v) is 3.44. The minimum atomic E-state index is -0.0312. The van der Waals surface area contributed by atoms with Gasteiger partial charge in [0, 0.05) is 6.04 Å². The number of para-hydroxylation sites is 1. The van der Waals surface area contributed by atoms with Crippen LogP contribution in [0.4, 0.5) is 0 Å². The van der Waals surface area contributed by atoms with Gasteiger partial charge in [0.05, 0.1) is 0 Å². The van der Waals surface area contributed by atoms with E-state index in [-0.39, 0.29) is 12.5 Å². The van der Waals surface area contributed by atoms with Gasteiger partial charge < -0.3 is 10.1 Å². The molecular weight excluding hydrogens is 178 g/mol. The average Bonchev–Trinajstić information content (AvgIpc) is 3.00. The number of carbonyl (C=O) groups is 1. The fourth-order valence-corrected chi connectivity index (χ4v) is 1.16. The molecule has 3 nitrogen and oxygen atoms in total. The largest absolute Gasteiger partial charge is 0.484 e.